The van der Waals surface area contributed by atoms with E-state index in [0.717, 1.165) is 6.08 Å². The summed E-state index contributed by atoms with van der Waals surface area (Å²) in [5, 5.41) is 46.7. The summed E-state index contributed by atoms with van der Waals surface area (Å²) < 4.78 is 37.1. The highest BCUT2D eigenvalue weighted by atomic mass is 16.6. The van der Waals surface area contributed by atoms with Crippen LogP contribution in [-0.2, 0) is 38.0 Å². The first-order chi connectivity index (χ1) is 23.3. The monoisotopic (exact) mass is 687 g/mol. The first-order valence-corrected chi connectivity index (χ1v) is 16.6. The molecule has 14 nitrogen and oxygen atoms in total. The molecule has 5 saturated carbocycles. The van der Waals surface area contributed by atoms with Crippen LogP contribution in [-0.4, -0.2) is 146 Å². The van der Waals surface area contributed by atoms with Gasteiger partial charge in [0.05, 0.1) is 30.5 Å². The topological polar surface area (TPSA) is 191 Å². The van der Waals surface area contributed by atoms with Crippen LogP contribution in [0.15, 0.2) is 42.5 Å². The molecule has 1 aromatic rings. The van der Waals surface area contributed by atoms with Crippen molar-refractivity contribution in [2.24, 2.45) is 34.5 Å². The summed E-state index contributed by atoms with van der Waals surface area (Å²) in [5.74, 6) is -6.19. The van der Waals surface area contributed by atoms with Gasteiger partial charge in [-0.1, -0.05) is 18.2 Å². The third kappa shape index (κ3) is 4.20. The number of fused-ring (bicyclic) bond motifs is 2. The Kier molecular flexibility index (Phi) is 8.31. The van der Waals surface area contributed by atoms with Crippen LogP contribution in [0.1, 0.15) is 23.2 Å². The number of aliphatic carboxylic acids is 1. The maximum atomic E-state index is 13.8. The van der Waals surface area contributed by atoms with Crippen molar-refractivity contribution in [3.05, 3.63) is 48.0 Å². The Balaban J connectivity index is 1.52. The van der Waals surface area contributed by atoms with Gasteiger partial charge in [-0.2, -0.15) is 0 Å². The number of esters is 2. The van der Waals surface area contributed by atoms with E-state index in [2.05, 4.69) is 4.90 Å². The highest BCUT2D eigenvalue weighted by Gasteiger charge is 2.92. The fourth-order valence-electron chi connectivity index (χ4n) is 12.3. The molecule has 7 rings (SSSR count). The highest BCUT2D eigenvalue weighted by molar-refractivity contribution is 5.91. The van der Waals surface area contributed by atoms with Crippen molar-refractivity contribution in [1.82, 2.24) is 4.90 Å². The summed E-state index contributed by atoms with van der Waals surface area (Å²) in [6.07, 6.45) is -5.08. The summed E-state index contributed by atoms with van der Waals surface area (Å²) in [5.41, 5.74) is -5.46. The molecule has 6 aliphatic rings. The number of rotatable bonds is 10. The molecule has 0 radical (unpaired) electrons. The molecule has 0 aromatic heterocycles. The number of nitrogens with zero attached hydrogens (tertiary/aromatic N) is 1. The van der Waals surface area contributed by atoms with Crippen LogP contribution in [0.5, 0.6) is 0 Å². The Labute approximate surface area is 283 Å². The molecule has 6 fully saturated rings. The normalized spacial score (nSPS) is 47.6. The fourth-order valence-corrected chi connectivity index (χ4v) is 12.3. The van der Waals surface area contributed by atoms with Gasteiger partial charge in [0.1, 0.15) is 23.9 Å². The van der Waals surface area contributed by atoms with E-state index in [9.17, 15) is 34.8 Å². The number of carbonyl (C=O) groups is 3. The van der Waals surface area contributed by atoms with E-state index in [1.807, 2.05) is 7.05 Å². The number of aliphatic hydroxyl groups is 3. The third-order valence-electron chi connectivity index (χ3n) is 13.2. The van der Waals surface area contributed by atoms with Crippen molar-refractivity contribution >= 4 is 17.9 Å². The molecule has 7 bridgehead atoms. The predicted molar refractivity (Wildman–Crippen MR) is 167 cm³/mol. The summed E-state index contributed by atoms with van der Waals surface area (Å²) in [6, 6.07) is 7.78. The Morgan fingerprint density at radius 3 is 2.31 bits per heavy atom. The first kappa shape index (κ1) is 34.5. The van der Waals surface area contributed by atoms with Gasteiger partial charge in [0.25, 0.3) is 0 Å². The third-order valence-corrected chi connectivity index (χ3v) is 13.2. The molecule has 0 amide bonds. The summed E-state index contributed by atoms with van der Waals surface area (Å²) >= 11 is 0. The minimum absolute atomic E-state index is 0.0345. The van der Waals surface area contributed by atoms with Gasteiger partial charge in [-0.25, -0.2) is 14.4 Å². The zero-order valence-electron chi connectivity index (χ0n) is 28.1. The Bertz CT molecular complexity index is 1520. The Hall–Kier alpha value is -2.95. The lowest BCUT2D eigenvalue weighted by molar-refractivity contribution is -0.320. The largest absolute Gasteiger partial charge is 0.478 e. The van der Waals surface area contributed by atoms with Gasteiger partial charge in [-0.15, -0.1) is 0 Å². The average Bonchev–Trinajstić information content (AvgIpc) is 3.46. The highest BCUT2D eigenvalue weighted by Crippen LogP contribution is 2.80. The molecule has 1 aliphatic heterocycles. The number of carboxylic acids is 1. The minimum atomic E-state index is -1.95. The smallest absolute Gasteiger partial charge is 0.338 e. The maximum absolute atomic E-state index is 13.8. The molecule has 1 saturated heterocycles. The summed E-state index contributed by atoms with van der Waals surface area (Å²) in [7, 11) is 7.90. The lowest BCUT2D eigenvalue weighted by Gasteiger charge is -2.70. The summed E-state index contributed by atoms with van der Waals surface area (Å²) in [6.45, 7) is 0.541. The van der Waals surface area contributed by atoms with Gasteiger partial charge in [0, 0.05) is 88.2 Å². The average molecular weight is 688 g/mol. The summed E-state index contributed by atoms with van der Waals surface area (Å²) in [4.78, 5) is 41.1. The van der Waals surface area contributed by atoms with E-state index in [-0.39, 0.29) is 25.0 Å². The number of aliphatic hydroxyl groups excluding tert-OH is 2. The molecule has 5 aliphatic carbocycles. The molecule has 268 valence electrons. The van der Waals surface area contributed by atoms with Crippen molar-refractivity contribution in [3.8, 4) is 0 Å². The number of hydrogen-bond donors (Lipinski definition) is 4. The minimum Gasteiger partial charge on any atom is -0.478 e. The number of ether oxygens (including phenoxy) is 6. The molecule has 15 atom stereocenters. The SMILES string of the molecule is COC[C@]12CN(C)C3[C@@H]4[C@H](OC)[C@H]1[C@@]3([C@@H](OC)C[C@H]2O)[C@@H]1C[C@@]2(O)[C@H](OC(=O)c3ccccc3)[C@@H]1[C@]4(OC(=O)/C=C/C(=O)O)[C@@H](O)[C@@H]2OC. The van der Waals surface area contributed by atoms with Crippen molar-refractivity contribution in [3.63, 3.8) is 0 Å². The predicted octanol–water partition coefficient (Wildman–Crippen LogP) is -0.121. The fraction of sp³-hybridized carbons (Fsp3) is 0.686. The second-order valence-corrected chi connectivity index (χ2v) is 14.8. The Morgan fingerprint density at radius 1 is 0.980 bits per heavy atom. The van der Waals surface area contributed by atoms with Gasteiger partial charge < -0.3 is 53.7 Å². The molecule has 4 N–H and O–H groups in total. The lowest BCUT2D eigenvalue weighted by atomic mass is 9.42. The second-order valence-electron chi connectivity index (χ2n) is 14.8. The molecular formula is C35H45NO13. The Morgan fingerprint density at radius 2 is 1.69 bits per heavy atom. The van der Waals surface area contributed by atoms with Crippen LogP contribution in [0.4, 0.5) is 0 Å². The number of benzene rings is 1. The van der Waals surface area contributed by atoms with Crippen molar-refractivity contribution in [2.75, 3.05) is 48.6 Å². The number of piperidine rings is 1. The zero-order chi connectivity index (χ0) is 35.3. The van der Waals surface area contributed by atoms with E-state index in [1.54, 1.807) is 44.6 Å². The molecule has 1 heterocycles. The number of carboxylic acid groups (broad SMARTS) is 1. The maximum Gasteiger partial charge on any atom is 0.338 e. The van der Waals surface area contributed by atoms with Crippen molar-refractivity contribution < 1.29 is 63.2 Å². The van der Waals surface area contributed by atoms with E-state index < -0.39 is 106 Å². The number of carbonyl (C=O) groups excluding carboxylic acids is 2. The van der Waals surface area contributed by atoms with E-state index in [0.29, 0.717) is 12.6 Å². The quantitative estimate of drug-likeness (QED) is 0.188. The molecule has 14 heteroatoms. The first-order valence-electron chi connectivity index (χ1n) is 16.6. The molecule has 49 heavy (non-hydrogen) atoms. The number of methoxy groups -OCH3 is 4. The number of hydrogen-bond acceptors (Lipinski definition) is 13. The van der Waals surface area contributed by atoms with Crippen molar-refractivity contribution in [1.29, 1.82) is 0 Å². The van der Waals surface area contributed by atoms with Crippen LogP contribution >= 0.6 is 0 Å². The van der Waals surface area contributed by atoms with Crippen LogP contribution in [0.2, 0.25) is 0 Å². The van der Waals surface area contributed by atoms with E-state index in [4.69, 9.17) is 28.4 Å². The van der Waals surface area contributed by atoms with Crippen molar-refractivity contribution in [2.45, 2.75) is 66.7 Å². The molecule has 1 spiro atoms. The van der Waals surface area contributed by atoms with E-state index >= 15 is 0 Å². The van der Waals surface area contributed by atoms with Crippen LogP contribution in [0, 0.1) is 34.5 Å². The van der Waals surface area contributed by atoms with Gasteiger partial charge in [-0.05, 0) is 31.5 Å². The van der Waals surface area contributed by atoms with Gasteiger partial charge in [0.2, 0.25) is 0 Å². The number of likely N-dealkylation sites (tertiary alicyclic amines) is 1. The second kappa shape index (κ2) is 11.8. The van der Waals surface area contributed by atoms with Crippen LogP contribution in [0.3, 0.4) is 0 Å². The van der Waals surface area contributed by atoms with Crippen LogP contribution in [0.25, 0.3) is 0 Å². The van der Waals surface area contributed by atoms with E-state index in [1.165, 1.54) is 14.2 Å². The van der Waals surface area contributed by atoms with Crippen LogP contribution < -0.4 is 0 Å². The molecular weight excluding hydrogens is 642 g/mol. The van der Waals surface area contributed by atoms with Gasteiger partial charge in [-0.3, -0.25) is 0 Å². The standard InChI is InChI=1S/C35H45NO13/c1-36-15-32(16-44-2)19(37)13-20(45-3)34-18-14-33(43)29(48-31(42)17-9-7-6-8-10-17)23(18)35(28(41)30(33)47-5,49-22(40)12-11-21(38)39)24(27(34)36)25(46-4)26(32)34/h6-12,18-20,23-30,37,41,43H,13-16H2,1-5H3,(H,38,39)/b12-11+/t18-,19-,20+,23-,24+,25+,26-,27?,28+,29-,30+,32+,33-,34+,35-/m1/s1. The molecule has 1 aromatic carbocycles. The lowest BCUT2D eigenvalue weighted by Crippen LogP contribution is -2.81. The van der Waals surface area contributed by atoms with Gasteiger partial charge in [0.15, 0.2) is 5.60 Å². The molecule has 1 unspecified atom stereocenters. The zero-order valence-corrected chi connectivity index (χ0v) is 28.1. The van der Waals surface area contributed by atoms with Gasteiger partial charge >= 0.3 is 17.9 Å².